The molecule has 0 saturated heterocycles. The van der Waals surface area contributed by atoms with Gasteiger partial charge in [-0.1, -0.05) is 290 Å². The van der Waals surface area contributed by atoms with Crippen molar-refractivity contribution in [1.82, 2.24) is 0 Å². The van der Waals surface area contributed by atoms with E-state index in [1.165, 1.54) is 250 Å². The average Bonchev–Trinajstić information content (AvgIpc) is 3.31. The lowest BCUT2D eigenvalue weighted by Gasteiger charge is -2.28. The summed E-state index contributed by atoms with van der Waals surface area (Å²) < 4.78 is 34.2. The van der Waals surface area contributed by atoms with Gasteiger partial charge in [0.2, 0.25) is 0 Å². The highest BCUT2D eigenvalue weighted by Gasteiger charge is 2.22. The number of phosphoric ester groups is 1. The van der Waals surface area contributed by atoms with Crippen LogP contribution in [0, 0.1) is 0 Å². The number of phosphoric acid groups is 1. The van der Waals surface area contributed by atoms with Crippen LogP contribution in [0.4, 0.5) is 0 Å². The number of likely N-dealkylation sites (N-methyl/N-ethyl adjacent to an activating group) is 1. The fourth-order valence-electron chi connectivity index (χ4n) is 9.19. The van der Waals surface area contributed by atoms with Crippen LogP contribution < -0.4 is 4.89 Å². The number of hydrogen-bond acceptors (Lipinski definition) is 8. The lowest BCUT2D eigenvalue weighted by atomic mass is 10.0. The van der Waals surface area contributed by atoms with Gasteiger partial charge in [0.15, 0.2) is 6.10 Å². The van der Waals surface area contributed by atoms with Crippen molar-refractivity contribution >= 4 is 19.8 Å². The molecule has 0 aromatic heterocycles. The van der Waals surface area contributed by atoms with Gasteiger partial charge in [-0.2, -0.15) is 0 Å². The Bertz CT molecular complexity index is 1130. The Hall–Kier alpha value is -0.990. The van der Waals surface area contributed by atoms with Gasteiger partial charge in [0.25, 0.3) is 7.82 Å². The summed E-state index contributed by atoms with van der Waals surface area (Å²) in [5.74, 6) is -0.808. The van der Waals surface area contributed by atoms with Crippen LogP contribution in [-0.2, 0) is 32.7 Å². The van der Waals surface area contributed by atoms with E-state index in [9.17, 15) is 19.0 Å². The summed E-state index contributed by atoms with van der Waals surface area (Å²) >= 11 is 0. The third-order valence-corrected chi connectivity index (χ3v) is 14.8. The fourth-order valence-corrected chi connectivity index (χ4v) is 9.92. The highest BCUT2D eigenvalue weighted by molar-refractivity contribution is 7.45. The predicted molar refractivity (Wildman–Crippen MR) is 292 cm³/mol. The maximum Gasteiger partial charge on any atom is 0.306 e. The number of carbonyl (C=O) groups is 2. The van der Waals surface area contributed by atoms with Gasteiger partial charge < -0.3 is 27.9 Å². The molecular formula is C59H118NO8P. The van der Waals surface area contributed by atoms with Crippen LogP contribution in [-0.4, -0.2) is 70.0 Å². The second kappa shape index (κ2) is 51.9. The van der Waals surface area contributed by atoms with Crippen LogP contribution in [0.5, 0.6) is 0 Å². The van der Waals surface area contributed by atoms with Crippen molar-refractivity contribution in [3.05, 3.63) is 0 Å². The Kier molecular flexibility index (Phi) is 51.1. The third kappa shape index (κ3) is 56.2. The lowest BCUT2D eigenvalue weighted by molar-refractivity contribution is -0.870. The largest absolute Gasteiger partial charge is 0.756 e. The number of quaternary nitrogens is 1. The molecule has 10 heteroatoms. The normalized spacial score (nSPS) is 13.2. The van der Waals surface area contributed by atoms with E-state index in [-0.39, 0.29) is 32.0 Å². The van der Waals surface area contributed by atoms with E-state index in [4.69, 9.17) is 18.5 Å². The van der Waals surface area contributed by atoms with Gasteiger partial charge in [0, 0.05) is 12.8 Å². The molecule has 9 nitrogen and oxygen atoms in total. The van der Waals surface area contributed by atoms with Gasteiger partial charge in [-0.3, -0.25) is 14.2 Å². The monoisotopic (exact) mass is 1000 g/mol. The highest BCUT2D eigenvalue weighted by atomic mass is 31.2. The van der Waals surface area contributed by atoms with E-state index in [2.05, 4.69) is 13.8 Å². The van der Waals surface area contributed by atoms with Gasteiger partial charge in [0.1, 0.15) is 19.8 Å². The molecule has 0 aliphatic carbocycles. The molecule has 69 heavy (non-hydrogen) atoms. The molecule has 0 spiro atoms. The number of rotatable bonds is 57. The SMILES string of the molecule is CCCCCCCCCCCCCCCCCCCCCCCCCCCC(=O)OC(COC(=O)CCCCCCCCCCCCCCCCCCCCCC)COP(=O)([O-])OCC[N+](C)(C)C. The van der Waals surface area contributed by atoms with Crippen LogP contribution in [0.2, 0.25) is 0 Å². The van der Waals surface area contributed by atoms with Crippen LogP contribution in [0.15, 0.2) is 0 Å². The van der Waals surface area contributed by atoms with Gasteiger partial charge >= 0.3 is 11.9 Å². The van der Waals surface area contributed by atoms with Gasteiger partial charge in [-0.25, -0.2) is 0 Å². The molecule has 0 aromatic rings. The molecule has 0 amide bonds. The van der Waals surface area contributed by atoms with E-state index in [1.54, 1.807) is 0 Å². The second-order valence-electron chi connectivity index (χ2n) is 22.1. The summed E-state index contributed by atoms with van der Waals surface area (Å²) in [5, 5.41) is 0. The Labute approximate surface area is 429 Å². The molecule has 0 N–H and O–H groups in total. The van der Waals surface area contributed by atoms with Crippen LogP contribution in [0.3, 0.4) is 0 Å². The third-order valence-electron chi connectivity index (χ3n) is 13.9. The molecule has 412 valence electrons. The maximum absolute atomic E-state index is 12.8. The number of carbonyl (C=O) groups excluding carboxylic acids is 2. The molecule has 0 aromatic carbocycles. The van der Waals surface area contributed by atoms with Crippen molar-refractivity contribution in [2.24, 2.45) is 0 Å². The molecular weight excluding hydrogens is 882 g/mol. The zero-order valence-electron chi connectivity index (χ0n) is 46.8. The summed E-state index contributed by atoms with van der Waals surface area (Å²) in [6, 6.07) is 0. The van der Waals surface area contributed by atoms with Crippen molar-refractivity contribution < 1.29 is 42.1 Å². The first-order valence-corrected chi connectivity index (χ1v) is 31.7. The highest BCUT2D eigenvalue weighted by Crippen LogP contribution is 2.38. The summed E-state index contributed by atoms with van der Waals surface area (Å²) in [5.41, 5.74) is 0. The molecule has 0 fully saturated rings. The van der Waals surface area contributed by atoms with E-state index >= 15 is 0 Å². The molecule has 2 unspecified atom stereocenters. The zero-order valence-corrected chi connectivity index (χ0v) is 47.7. The van der Waals surface area contributed by atoms with Crippen molar-refractivity contribution in [3.8, 4) is 0 Å². The average molecular weight is 1000 g/mol. The molecule has 0 radical (unpaired) electrons. The van der Waals surface area contributed by atoms with Crippen molar-refractivity contribution in [2.45, 2.75) is 322 Å². The summed E-state index contributed by atoms with van der Waals surface area (Å²) in [6.07, 6.45) is 58.7. The molecule has 0 aliphatic heterocycles. The predicted octanol–water partition coefficient (Wildman–Crippen LogP) is 18.0. The van der Waals surface area contributed by atoms with E-state index in [1.807, 2.05) is 21.1 Å². The van der Waals surface area contributed by atoms with Crippen molar-refractivity contribution in [3.63, 3.8) is 0 Å². The molecule has 0 heterocycles. The van der Waals surface area contributed by atoms with Crippen LogP contribution >= 0.6 is 7.82 Å². The minimum Gasteiger partial charge on any atom is -0.756 e. The van der Waals surface area contributed by atoms with Gasteiger partial charge in [-0.05, 0) is 12.8 Å². The van der Waals surface area contributed by atoms with Gasteiger partial charge in [0.05, 0.1) is 27.7 Å². The Balaban J connectivity index is 4.07. The topological polar surface area (TPSA) is 111 Å². The van der Waals surface area contributed by atoms with E-state index in [0.29, 0.717) is 17.4 Å². The first kappa shape index (κ1) is 68.0. The number of nitrogens with zero attached hydrogens (tertiary/aromatic N) is 1. The fraction of sp³-hybridized carbons (Fsp3) is 0.966. The number of esters is 2. The van der Waals surface area contributed by atoms with Crippen LogP contribution in [0.25, 0.3) is 0 Å². The second-order valence-corrected chi connectivity index (χ2v) is 23.5. The smallest absolute Gasteiger partial charge is 0.306 e. The number of hydrogen-bond donors (Lipinski definition) is 0. The Morgan fingerprint density at radius 3 is 0.928 bits per heavy atom. The molecule has 0 rings (SSSR count). The number of ether oxygens (including phenoxy) is 2. The van der Waals surface area contributed by atoms with Crippen molar-refractivity contribution in [2.75, 3.05) is 47.5 Å². The Morgan fingerprint density at radius 2 is 0.652 bits per heavy atom. The lowest BCUT2D eigenvalue weighted by Crippen LogP contribution is -2.37. The van der Waals surface area contributed by atoms with Crippen LogP contribution in [0.1, 0.15) is 316 Å². The molecule has 0 aliphatic rings. The summed E-state index contributed by atoms with van der Waals surface area (Å²) in [4.78, 5) is 37.9. The van der Waals surface area contributed by atoms with E-state index < -0.39 is 26.5 Å². The number of unbranched alkanes of at least 4 members (excludes halogenated alkanes) is 43. The first-order valence-electron chi connectivity index (χ1n) is 30.2. The van der Waals surface area contributed by atoms with Crippen molar-refractivity contribution in [1.29, 1.82) is 0 Å². The van der Waals surface area contributed by atoms with Gasteiger partial charge in [-0.15, -0.1) is 0 Å². The summed E-state index contributed by atoms with van der Waals surface area (Å²) in [6.45, 7) is 4.32. The zero-order chi connectivity index (χ0) is 50.6. The summed E-state index contributed by atoms with van der Waals surface area (Å²) in [7, 11) is 1.19. The quantitative estimate of drug-likeness (QED) is 0.0256. The minimum atomic E-state index is -4.63. The standard InChI is InChI=1S/C59H118NO8P/c1-6-8-10-12-14-16-18-20-22-24-26-28-29-30-31-32-34-36-38-40-42-44-46-48-50-52-59(62)68-57(56-67-69(63,64)66-54-53-60(3,4)5)55-65-58(61)51-49-47-45-43-41-39-37-35-33-27-25-23-21-19-17-15-13-11-9-7-2/h57H,6-56H2,1-5H3. The minimum absolute atomic E-state index is 0.0250. The molecule has 0 saturated carbocycles. The first-order chi connectivity index (χ1) is 33.5. The Morgan fingerprint density at radius 1 is 0.391 bits per heavy atom. The van der Waals surface area contributed by atoms with E-state index in [0.717, 1.165) is 32.1 Å². The molecule has 0 bridgehead atoms. The maximum atomic E-state index is 12.8. The molecule has 2 atom stereocenters.